The van der Waals surface area contributed by atoms with Gasteiger partial charge in [0, 0.05) is 42.3 Å². The molecule has 3 nitrogen and oxygen atoms in total. The van der Waals surface area contributed by atoms with Gasteiger partial charge in [-0.1, -0.05) is 36.2 Å². The molecular formula is C15H23BrN2O. The number of aromatic hydroxyl groups is 1. The second-order valence-corrected chi connectivity index (χ2v) is 6.24. The molecule has 1 unspecified atom stereocenters. The zero-order valence-corrected chi connectivity index (χ0v) is 13.3. The average Bonchev–Trinajstić information content (AvgIpc) is 2.44. The molecule has 4 heteroatoms. The van der Waals surface area contributed by atoms with Gasteiger partial charge in [0.1, 0.15) is 5.75 Å². The third-order valence-corrected chi connectivity index (χ3v) is 4.53. The van der Waals surface area contributed by atoms with Crippen molar-refractivity contribution in [3.8, 4) is 5.75 Å². The fraction of sp³-hybridized carbons (Fsp3) is 0.600. The number of hydrogen-bond acceptors (Lipinski definition) is 3. The fourth-order valence-corrected chi connectivity index (χ4v) is 3.19. The normalized spacial score (nSPS) is 20.2. The standard InChI is InChI=1S/C15H23BrN2O/c1-3-11(2)15(18-8-6-17-7-9-18)13-10-12(16)4-5-14(13)19/h4-5,10-11,15,17,19H,3,6-9H2,1-2H3/t11?,15-/m1/s1. The van der Waals surface area contributed by atoms with Crippen LogP contribution in [0.4, 0.5) is 0 Å². The predicted molar refractivity (Wildman–Crippen MR) is 82.4 cm³/mol. The first kappa shape index (κ1) is 14.8. The molecule has 2 N–H and O–H groups in total. The van der Waals surface area contributed by atoms with Gasteiger partial charge in [0.05, 0.1) is 0 Å². The van der Waals surface area contributed by atoms with Crippen LogP contribution in [0, 0.1) is 5.92 Å². The van der Waals surface area contributed by atoms with Crippen LogP contribution >= 0.6 is 15.9 Å². The lowest BCUT2D eigenvalue weighted by molar-refractivity contribution is 0.126. The Hall–Kier alpha value is -0.580. The fourth-order valence-electron chi connectivity index (χ4n) is 2.81. The zero-order chi connectivity index (χ0) is 13.8. The smallest absolute Gasteiger partial charge is 0.120 e. The molecule has 0 saturated carbocycles. The summed E-state index contributed by atoms with van der Waals surface area (Å²) in [6.45, 7) is 8.63. The van der Waals surface area contributed by atoms with Crippen LogP contribution in [0.15, 0.2) is 22.7 Å². The molecule has 0 bridgehead atoms. The van der Waals surface area contributed by atoms with Gasteiger partial charge in [-0.3, -0.25) is 4.90 Å². The zero-order valence-electron chi connectivity index (χ0n) is 11.7. The third kappa shape index (κ3) is 3.50. The van der Waals surface area contributed by atoms with Crippen molar-refractivity contribution in [2.24, 2.45) is 5.92 Å². The van der Waals surface area contributed by atoms with Crippen LogP contribution in [-0.2, 0) is 0 Å². The van der Waals surface area contributed by atoms with E-state index in [0.29, 0.717) is 17.7 Å². The molecule has 1 saturated heterocycles. The molecule has 1 fully saturated rings. The minimum Gasteiger partial charge on any atom is -0.508 e. The molecule has 1 aliphatic rings. The molecule has 1 aliphatic heterocycles. The van der Waals surface area contributed by atoms with Crippen molar-refractivity contribution < 1.29 is 5.11 Å². The molecule has 2 atom stereocenters. The van der Waals surface area contributed by atoms with Crippen molar-refractivity contribution in [3.63, 3.8) is 0 Å². The van der Waals surface area contributed by atoms with Crippen molar-refractivity contribution in [2.75, 3.05) is 26.2 Å². The number of nitrogens with zero attached hydrogens (tertiary/aromatic N) is 1. The highest BCUT2D eigenvalue weighted by atomic mass is 79.9. The van der Waals surface area contributed by atoms with Crippen LogP contribution in [0.2, 0.25) is 0 Å². The van der Waals surface area contributed by atoms with E-state index in [1.807, 2.05) is 6.07 Å². The number of halogens is 1. The number of piperazine rings is 1. The molecule has 106 valence electrons. The third-order valence-electron chi connectivity index (χ3n) is 4.04. The largest absolute Gasteiger partial charge is 0.508 e. The molecule has 0 amide bonds. The Morgan fingerprint density at radius 3 is 2.68 bits per heavy atom. The average molecular weight is 327 g/mol. The SMILES string of the molecule is CCC(C)[C@H](c1cc(Br)ccc1O)N1CCNCC1. The van der Waals surface area contributed by atoms with Gasteiger partial charge in [-0.05, 0) is 24.1 Å². The van der Waals surface area contributed by atoms with Gasteiger partial charge in [-0.15, -0.1) is 0 Å². The summed E-state index contributed by atoms with van der Waals surface area (Å²) in [6.07, 6.45) is 1.11. The highest BCUT2D eigenvalue weighted by Gasteiger charge is 2.28. The van der Waals surface area contributed by atoms with Gasteiger partial charge in [-0.25, -0.2) is 0 Å². The van der Waals surface area contributed by atoms with Gasteiger partial charge in [0.15, 0.2) is 0 Å². The Kier molecular flexibility index (Phi) is 5.25. The quantitative estimate of drug-likeness (QED) is 0.892. The second-order valence-electron chi connectivity index (χ2n) is 5.32. The summed E-state index contributed by atoms with van der Waals surface area (Å²) >= 11 is 3.52. The summed E-state index contributed by atoms with van der Waals surface area (Å²) in [6, 6.07) is 6.04. The lowest BCUT2D eigenvalue weighted by atomic mass is 9.90. The molecule has 0 aliphatic carbocycles. The molecule has 0 spiro atoms. The molecule has 19 heavy (non-hydrogen) atoms. The molecule has 1 aromatic carbocycles. The Morgan fingerprint density at radius 1 is 1.37 bits per heavy atom. The van der Waals surface area contributed by atoms with Crippen LogP contribution in [0.25, 0.3) is 0 Å². The van der Waals surface area contributed by atoms with Crippen LogP contribution in [0.1, 0.15) is 31.9 Å². The predicted octanol–water partition coefficient (Wildman–Crippen LogP) is 3.15. The number of rotatable bonds is 4. The topological polar surface area (TPSA) is 35.5 Å². The Bertz CT molecular complexity index is 419. The van der Waals surface area contributed by atoms with E-state index in [1.54, 1.807) is 6.07 Å². The summed E-state index contributed by atoms with van der Waals surface area (Å²) in [7, 11) is 0. The molecule has 0 aromatic heterocycles. The summed E-state index contributed by atoms with van der Waals surface area (Å²) in [5, 5.41) is 13.6. The highest BCUT2D eigenvalue weighted by Crippen LogP contribution is 2.37. The van der Waals surface area contributed by atoms with Gasteiger partial charge < -0.3 is 10.4 Å². The molecule has 1 heterocycles. The Morgan fingerprint density at radius 2 is 2.05 bits per heavy atom. The Labute approximate surface area is 124 Å². The minimum absolute atomic E-state index is 0.296. The molecule has 1 aromatic rings. The molecule has 2 rings (SSSR count). The summed E-state index contributed by atoms with van der Waals surface area (Å²) < 4.78 is 1.03. The number of benzene rings is 1. The monoisotopic (exact) mass is 326 g/mol. The van der Waals surface area contributed by atoms with Crippen molar-refractivity contribution in [1.29, 1.82) is 0 Å². The lowest BCUT2D eigenvalue weighted by Crippen LogP contribution is -2.46. The van der Waals surface area contributed by atoms with E-state index in [0.717, 1.165) is 42.6 Å². The lowest BCUT2D eigenvalue weighted by Gasteiger charge is -2.38. The number of hydrogen-bond donors (Lipinski definition) is 2. The summed E-state index contributed by atoms with van der Waals surface area (Å²) in [4.78, 5) is 2.49. The van der Waals surface area contributed by atoms with Crippen LogP contribution < -0.4 is 5.32 Å². The first-order valence-corrected chi connectivity index (χ1v) is 7.86. The van der Waals surface area contributed by atoms with E-state index in [2.05, 4.69) is 46.1 Å². The number of phenolic OH excluding ortho intramolecular Hbond substituents is 1. The molecular weight excluding hydrogens is 304 g/mol. The number of phenols is 1. The highest BCUT2D eigenvalue weighted by molar-refractivity contribution is 9.10. The first-order chi connectivity index (χ1) is 9.13. The van der Waals surface area contributed by atoms with Crippen LogP contribution in [0.5, 0.6) is 5.75 Å². The van der Waals surface area contributed by atoms with Crippen LogP contribution in [-0.4, -0.2) is 36.2 Å². The summed E-state index contributed by atoms with van der Waals surface area (Å²) in [5.74, 6) is 0.935. The first-order valence-electron chi connectivity index (χ1n) is 7.06. The van der Waals surface area contributed by atoms with Crippen molar-refractivity contribution >= 4 is 15.9 Å². The van der Waals surface area contributed by atoms with Gasteiger partial charge in [0.25, 0.3) is 0 Å². The van der Waals surface area contributed by atoms with Crippen molar-refractivity contribution in [2.45, 2.75) is 26.3 Å². The van der Waals surface area contributed by atoms with Crippen molar-refractivity contribution in [3.05, 3.63) is 28.2 Å². The summed E-state index contributed by atoms with van der Waals surface area (Å²) in [5.41, 5.74) is 1.05. The van der Waals surface area contributed by atoms with E-state index >= 15 is 0 Å². The maximum atomic E-state index is 10.2. The van der Waals surface area contributed by atoms with E-state index in [4.69, 9.17) is 0 Å². The van der Waals surface area contributed by atoms with E-state index in [1.165, 1.54) is 0 Å². The van der Waals surface area contributed by atoms with Gasteiger partial charge in [-0.2, -0.15) is 0 Å². The van der Waals surface area contributed by atoms with E-state index in [-0.39, 0.29) is 0 Å². The van der Waals surface area contributed by atoms with Gasteiger partial charge in [0.2, 0.25) is 0 Å². The van der Waals surface area contributed by atoms with Gasteiger partial charge >= 0.3 is 0 Å². The second kappa shape index (κ2) is 6.73. The van der Waals surface area contributed by atoms with E-state index in [9.17, 15) is 5.11 Å². The number of nitrogens with one attached hydrogen (secondary N) is 1. The minimum atomic E-state index is 0.296. The van der Waals surface area contributed by atoms with Crippen molar-refractivity contribution in [1.82, 2.24) is 10.2 Å². The maximum Gasteiger partial charge on any atom is 0.120 e. The van der Waals surface area contributed by atoms with Crippen LogP contribution in [0.3, 0.4) is 0 Å². The molecule has 0 radical (unpaired) electrons. The maximum absolute atomic E-state index is 10.2. The van der Waals surface area contributed by atoms with E-state index < -0.39 is 0 Å². The Balaban J connectivity index is 2.33.